The number of pyridine rings is 1. The maximum absolute atomic E-state index is 11.8. The Labute approximate surface area is 114 Å². The van der Waals surface area contributed by atoms with Gasteiger partial charge in [-0.25, -0.2) is 4.98 Å². The molecule has 0 aliphatic carbocycles. The second-order valence-corrected chi connectivity index (χ2v) is 3.96. The van der Waals surface area contributed by atoms with Crippen LogP contribution in [0.4, 0.5) is 0 Å². The monoisotopic (exact) mass is 274 g/mol. The number of hydrogen-bond donors (Lipinski definition) is 4. The predicted molar refractivity (Wildman–Crippen MR) is 71.4 cm³/mol. The number of oxime groups is 1. The highest BCUT2D eigenvalue weighted by Gasteiger charge is 2.08. The highest BCUT2D eigenvalue weighted by Crippen LogP contribution is 2.00. The molecule has 8 nitrogen and oxygen atoms in total. The largest absolute Gasteiger partial charge is 0.409 e. The normalized spacial score (nSPS) is 11.3. The molecule has 2 aromatic heterocycles. The number of amidine groups is 1. The standard InChI is InChI=1S/C12H14N6O2/c13-11(18-20)8-1-2-9(17-7-8)12(19)16-4-3-10-14-5-6-15-10/h1-2,5-7,20H,3-4H2,(H2,13,18)(H,14,15)(H,16,19). The van der Waals surface area contributed by atoms with Gasteiger partial charge in [0.05, 0.1) is 0 Å². The molecule has 5 N–H and O–H groups in total. The van der Waals surface area contributed by atoms with Crippen molar-refractivity contribution in [3.05, 3.63) is 47.8 Å². The fraction of sp³-hybridized carbons (Fsp3) is 0.167. The van der Waals surface area contributed by atoms with E-state index >= 15 is 0 Å². The first-order valence-electron chi connectivity index (χ1n) is 5.91. The van der Waals surface area contributed by atoms with Crippen LogP contribution in [0.15, 0.2) is 35.9 Å². The van der Waals surface area contributed by atoms with Crippen LogP contribution < -0.4 is 11.1 Å². The lowest BCUT2D eigenvalue weighted by molar-refractivity contribution is 0.0949. The molecule has 2 aromatic rings. The van der Waals surface area contributed by atoms with E-state index in [1.165, 1.54) is 12.3 Å². The zero-order valence-corrected chi connectivity index (χ0v) is 10.6. The number of imidazole rings is 1. The van der Waals surface area contributed by atoms with E-state index in [9.17, 15) is 4.79 Å². The molecular weight excluding hydrogens is 260 g/mol. The fourth-order valence-electron chi connectivity index (χ4n) is 1.56. The molecule has 0 spiro atoms. The average molecular weight is 274 g/mol. The number of nitrogens with two attached hydrogens (primary N) is 1. The van der Waals surface area contributed by atoms with Gasteiger partial charge in [0.25, 0.3) is 5.91 Å². The van der Waals surface area contributed by atoms with Crippen LogP contribution in [0.25, 0.3) is 0 Å². The highest BCUT2D eigenvalue weighted by molar-refractivity contribution is 5.98. The Kier molecular flexibility index (Phi) is 4.28. The van der Waals surface area contributed by atoms with E-state index in [1.54, 1.807) is 18.5 Å². The van der Waals surface area contributed by atoms with Gasteiger partial charge in [0, 0.05) is 37.1 Å². The highest BCUT2D eigenvalue weighted by atomic mass is 16.4. The third-order valence-electron chi connectivity index (χ3n) is 2.60. The summed E-state index contributed by atoms with van der Waals surface area (Å²) in [6, 6.07) is 3.07. The van der Waals surface area contributed by atoms with E-state index < -0.39 is 0 Å². The molecule has 0 fully saturated rings. The van der Waals surface area contributed by atoms with Crippen LogP contribution in [0, 0.1) is 0 Å². The minimum Gasteiger partial charge on any atom is -0.409 e. The molecule has 104 valence electrons. The van der Waals surface area contributed by atoms with Gasteiger partial charge in [-0.05, 0) is 12.1 Å². The SMILES string of the molecule is N/C(=N/O)c1ccc(C(=O)NCCc2ncc[nH]2)nc1. The first kappa shape index (κ1) is 13.5. The summed E-state index contributed by atoms with van der Waals surface area (Å²) >= 11 is 0. The van der Waals surface area contributed by atoms with Gasteiger partial charge < -0.3 is 21.2 Å². The zero-order chi connectivity index (χ0) is 14.4. The van der Waals surface area contributed by atoms with Gasteiger partial charge in [0.1, 0.15) is 11.5 Å². The topological polar surface area (TPSA) is 129 Å². The minimum atomic E-state index is -0.289. The van der Waals surface area contributed by atoms with Crippen LogP contribution in [0.5, 0.6) is 0 Å². The molecule has 0 saturated heterocycles. The van der Waals surface area contributed by atoms with Crippen LogP contribution in [-0.2, 0) is 6.42 Å². The first-order valence-corrected chi connectivity index (χ1v) is 5.91. The Bertz CT molecular complexity index is 591. The van der Waals surface area contributed by atoms with Crippen molar-refractivity contribution in [1.29, 1.82) is 0 Å². The quantitative estimate of drug-likeness (QED) is 0.261. The molecule has 2 heterocycles. The number of hydrogen-bond acceptors (Lipinski definition) is 5. The lowest BCUT2D eigenvalue weighted by Gasteiger charge is -2.04. The van der Waals surface area contributed by atoms with Crippen LogP contribution in [-0.4, -0.2) is 38.4 Å². The Morgan fingerprint density at radius 3 is 2.90 bits per heavy atom. The average Bonchev–Trinajstić information content (AvgIpc) is 2.99. The summed E-state index contributed by atoms with van der Waals surface area (Å²) in [7, 11) is 0. The maximum atomic E-state index is 11.8. The molecule has 0 unspecified atom stereocenters. The summed E-state index contributed by atoms with van der Waals surface area (Å²) in [4.78, 5) is 22.8. The van der Waals surface area contributed by atoms with Gasteiger partial charge in [-0.15, -0.1) is 0 Å². The van der Waals surface area contributed by atoms with Crippen molar-refractivity contribution >= 4 is 11.7 Å². The second kappa shape index (κ2) is 6.32. The smallest absolute Gasteiger partial charge is 0.269 e. The maximum Gasteiger partial charge on any atom is 0.269 e. The lowest BCUT2D eigenvalue weighted by atomic mass is 10.2. The molecule has 2 rings (SSSR count). The molecule has 0 atom stereocenters. The van der Waals surface area contributed by atoms with Gasteiger partial charge in [0.15, 0.2) is 5.84 Å². The molecule has 0 radical (unpaired) electrons. The van der Waals surface area contributed by atoms with E-state index in [0.717, 1.165) is 5.82 Å². The first-order chi connectivity index (χ1) is 9.70. The van der Waals surface area contributed by atoms with Crippen molar-refractivity contribution in [2.45, 2.75) is 6.42 Å². The van der Waals surface area contributed by atoms with Crippen molar-refractivity contribution in [2.24, 2.45) is 10.9 Å². The van der Waals surface area contributed by atoms with Gasteiger partial charge in [0.2, 0.25) is 0 Å². The number of H-pyrrole nitrogens is 1. The summed E-state index contributed by atoms with van der Waals surface area (Å²) in [6.07, 6.45) is 5.37. The summed E-state index contributed by atoms with van der Waals surface area (Å²) in [6.45, 7) is 0.454. The van der Waals surface area contributed by atoms with Gasteiger partial charge in [-0.1, -0.05) is 5.16 Å². The van der Waals surface area contributed by atoms with Crippen molar-refractivity contribution in [1.82, 2.24) is 20.3 Å². The number of nitrogens with one attached hydrogen (secondary N) is 2. The number of carbonyl (C=O) groups is 1. The molecule has 20 heavy (non-hydrogen) atoms. The molecule has 8 heteroatoms. The van der Waals surface area contributed by atoms with E-state index in [4.69, 9.17) is 10.9 Å². The zero-order valence-electron chi connectivity index (χ0n) is 10.6. The van der Waals surface area contributed by atoms with Gasteiger partial charge >= 0.3 is 0 Å². The predicted octanol–water partition coefficient (Wildman–Crippen LogP) is -0.128. The summed E-state index contributed by atoms with van der Waals surface area (Å²) in [5.74, 6) is 0.463. The van der Waals surface area contributed by atoms with Crippen molar-refractivity contribution in [3.63, 3.8) is 0 Å². The molecule has 0 aliphatic rings. The Hall–Kier alpha value is -2.90. The third-order valence-corrected chi connectivity index (χ3v) is 2.60. The third kappa shape index (κ3) is 3.31. The van der Waals surface area contributed by atoms with Crippen molar-refractivity contribution in [2.75, 3.05) is 6.54 Å². The fourth-order valence-corrected chi connectivity index (χ4v) is 1.56. The molecule has 0 bridgehead atoms. The van der Waals surface area contributed by atoms with Crippen LogP contribution in [0.3, 0.4) is 0 Å². The Balaban J connectivity index is 1.89. The number of rotatable bonds is 5. The number of aromatic nitrogens is 3. The van der Waals surface area contributed by atoms with Crippen molar-refractivity contribution < 1.29 is 10.0 Å². The Morgan fingerprint density at radius 2 is 2.30 bits per heavy atom. The molecular formula is C12H14N6O2. The number of amides is 1. The number of carbonyl (C=O) groups excluding carboxylic acids is 1. The minimum absolute atomic E-state index is 0.0534. The van der Waals surface area contributed by atoms with Crippen molar-refractivity contribution in [3.8, 4) is 0 Å². The van der Waals surface area contributed by atoms with E-state index in [-0.39, 0.29) is 17.4 Å². The van der Waals surface area contributed by atoms with Gasteiger partial charge in [-0.2, -0.15) is 0 Å². The van der Waals surface area contributed by atoms with Crippen LogP contribution in [0.1, 0.15) is 21.9 Å². The van der Waals surface area contributed by atoms with Crippen LogP contribution in [0.2, 0.25) is 0 Å². The van der Waals surface area contributed by atoms with E-state index in [2.05, 4.69) is 25.4 Å². The molecule has 0 saturated carbocycles. The summed E-state index contributed by atoms with van der Waals surface area (Å²) < 4.78 is 0. The number of aromatic amines is 1. The second-order valence-electron chi connectivity index (χ2n) is 3.96. The van der Waals surface area contributed by atoms with E-state index in [1.807, 2.05) is 0 Å². The molecule has 0 aliphatic heterocycles. The van der Waals surface area contributed by atoms with Gasteiger partial charge in [-0.3, -0.25) is 9.78 Å². The lowest BCUT2D eigenvalue weighted by Crippen LogP contribution is -2.27. The number of nitrogens with zero attached hydrogens (tertiary/aromatic N) is 3. The molecule has 0 aromatic carbocycles. The summed E-state index contributed by atoms with van der Waals surface area (Å²) in [5.41, 5.74) is 6.11. The van der Waals surface area contributed by atoms with E-state index in [0.29, 0.717) is 18.5 Å². The molecule has 1 amide bonds. The summed E-state index contributed by atoms with van der Waals surface area (Å²) in [5, 5.41) is 14.1. The Morgan fingerprint density at radius 1 is 1.45 bits per heavy atom. The van der Waals surface area contributed by atoms with Crippen LogP contribution >= 0.6 is 0 Å².